The van der Waals surface area contributed by atoms with Crippen LogP contribution < -0.4 is 0 Å². The van der Waals surface area contributed by atoms with Crippen molar-refractivity contribution in [1.29, 1.82) is 0 Å². The predicted molar refractivity (Wildman–Crippen MR) is 105 cm³/mol. The molecule has 1 heteroatoms. The van der Waals surface area contributed by atoms with Gasteiger partial charge in [-0.05, 0) is 53.4 Å². The molecule has 23 heavy (non-hydrogen) atoms. The molecule has 0 N–H and O–H groups in total. The summed E-state index contributed by atoms with van der Waals surface area (Å²) in [4.78, 5) is 0. The molecule has 0 saturated carbocycles. The average molecular weight is 315 g/mol. The summed E-state index contributed by atoms with van der Waals surface area (Å²) in [5.74, 6) is 0. The Morgan fingerprint density at radius 3 is 1.48 bits per heavy atom. The molecule has 0 heterocycles. The van der Waals surface area contributed by atoms with Crippen LogP contribution in [0.2, 0.25) is 0 Å². The Hall–Kier alpha value is -1.60. The van der Waals surface area contributed by atoms with E-state index in [2.05, 4.69) is 65.2 Å². The SMILES string of the molecule is C=C(/C=C/COC/C=C/C(=C)CCC=C(C)C)CCC=C(C)C. The summed E-state index contributed by atoms with van der Waals surface area (Å²) < 4.78 is 5.54. The van der Waals surface area contributed by atoms with Gasteiger partial charge in [-0.25, -0.2) is 0 Å². The van der Waals surface area contributed by atoms with Crippen LogP contribution in [0.15, 0.2) is 71.9 Å². The summed E-state index contributed by atoms with van der Waals surface area (Å²) in [5.41, 5.74) is 5.02. The molecule has 0 saturated heterocycles. The Balaban J connectivity index is 3.71. The molecule has 0 aliphatic carbocycles. The lowest BCUT2D eigenvalue weighted by molar-refractivity contribution is 0.194. The molecule has 0 amide bonds. The largest absolute Gasteiger partial charge is 0.373 e. The summed E-state index contributed by atoms with van der Waals surface area (Å²) in [6.07, 6.45) is 16.8. The Morgan fingerprint density at radius 1 is 0.739 bits per heavy atom. The molecular weight excluding hydrogens is 280 g/mol. The summed E-state index contributed by atoms with van der Waals surface area (Å²) in [5, 5.41) is 0. The topological polar surface area (TPSA) is 9.23 Å². The number of hydrogen-bond donors (Lipinski definition) is 0. The maximum atomic E-state index is 5.54. The van der Waals surface area contributed by atoms with Crippen molar-refractivity contribution in [1.82, 2.24) is 0 Å². The summed E-state index contributed by atoms with van der Waals surface area (Å²) in [7, 11) is 0. The highest BCUT2D eigenvalue weighted by Gasteiger charge is 1.89. The first-order valence-corrected chi connectivity index (χ1v) is 8.45. The monoisotopic (exact) mass is 314 g/mol. The molecule has 0 aromatic rings. The second-order valence-electron chi connectivity index (χ2n) is 6.30. The molecule has 0 radical (unpaired) electrons. The van der Waals surface area contributed by atoms with Gasteiger partial charge in [-0.2, -0.15) is 0 Å². The van der Waals surface area contributed by atoms with Crippen molar-refractivity contribution >= 4 is 0 Å². The molecule has 0 aliphatic rings. The summed E-state index contributed by atoms with van der Waals surface area (Å²) >= 11 is 0. The van der Waals surface area contributed by atoms with Crippen LogP contribution in [-0.2, 0) is 4.74 Å². The second kappa shape index (κ2) is 14.0. The number of ether oxygens (including phenoxy) is 1. The van der Waals surface area contributed by atoms with Crippen molar-refractivity contribution in [2.24, 2.45) is 0 Å². The highest BCUT2D eigenvalue weighted by atomic mass is 16.5. The molecule has 0 bridgehead atoms. The van der Waals surface area contributed by atoms with E-state index in [9.17, 15) is 0 Å². The van der Waals surface area contributed by atoms with Crippen LogP contribution in [0.3, 0.4) is 0 Å². The van der Waals surface area contributed by atoms with E-state index in [4.69, 9.17) is 4.74 Å². The highest BCUT2D eigenvalue weighted by Crippen LogP contribution is 2.07. The lowest BCUT2D eigenvalue weighted by atomic mass is 10.1. The quantitative estimate of drug-likeness (QED) is 0.221. The Labute approximate surface area is 143 Å². The van der Waals surface area contributed by atoms with Gasteiger partial charge in [-0.15, -0.1) is 0 Å². The Bertz CT molecular complexity index is 420. The van der Waals surface area contributed by atoms with Crippen LogP contribution in [-0.4, -0.2) is 13.2 Å². The third kappa shape index (κ3) is 16.6. The molecular formula is C22H34O. The van der Waals surface area contributed by atoms with Gasteiger partial charge in [0.25, 0.3) is 0 Å². The van der Waals surface area contributed by atoms with Crippen molar-refractivity contribution in [2.45, 2.75) is 53.4 Å². The van der Waals surface area contributed by atoms with Crippen LogP contribution in [0.1, 0.15) is 53.4 Å². The van der Waals surface area contributed by atoms with Crippen LogP contribution in [0.5, 0.6) is 0 Å². The zero-order valence-corrected chi connectivity index (χ0v) is 15.5. The number of hydrogen-bond acceptors (Lipinski definition) is 1. The molecule has 0 atom stereocenters. The van der Waals surface area contributed by atoms with Crippen LogP contribution in [0.25, 0.3) is 0 Å². The molecule has 0 aromatic heterocycles. The van der Waals surface area contributed by atoms with Gasteiger partial charge in [0.2, 0.25) is 0 Å². The summed E-state index contributed by atoms with van der Waals surface area (Å²) in [6.45, 7) is 17.8. The first-order valence-electron chi connectivity index (χ1n) is 8.45. The third-order valence-corrected chi connectivity index (χ3v) is 3.17. The maximum Gasteiger partial charge on any atom is 0.0654 e. The fraction of sp³-hybridized carbons (Fsp3) is 0.455. The van der Waals surface area contributed by atoms with Crippen LogP contribution in [0.4, 0.5) is 0 Å². The third-order valence-electron chi connectivity index (χ3n) is 3.17. The van der Waals surface area contributed by atoms with Crippen molar-refractivity contribution in [2.75, 3.05) is 13.2 Å². The molecule has 0 aliphatic heterocycles. The predicted octanol–water partition coefficient (Wildman–Crippen LogP) is 6.72. The minimum absolute atomic E-state index is 0.621. The zero-order valence-electron chi connectivity index (χ0n) is 15.5. The van der Waals surface area contributed by atoms with Crippen molar-refractivity contribution < 1.29 is 4.74 Å². The minimum Gasteiger partial charge on any atom is -0.373 e. The lowest BCUT2D eigenvalue weighted by Crippen LogP contribution is -1.91. The van der Waals surface area contributed by atoms with Crippen LogP contribution >= 0.6 is 0 Å². The first-order chi connectivity index (χ1) is 10.9. The van der Waals surface area contributed by atoms with Gasteiger partial charge >= 0.3 is 0 Å². The molecule has 0 aromatic carbocycles. The summed E-state index contributed by atoms with van der Waals surface area (Å²) in [6, 6.07) is 0. The van der Waals surface area contributed by atoms with Crippen molar-refractivity contribution in [3.63, 3.8) is 0 Å². The van der Waals surface area contributed by atoms with E-state index in [0.717, 1.165) is 36.8 Å². The smallest absolute Gasteiger partial charge is 0.0654 e. The Morgan fingerprint density at radius 2 is 1.13 bits per heavy atom. The Kier molecular flexibility index (Phi) is 13.0. The van der Waals surface area contributed by atoms with E-state index >= 15 is 0 Å². The van der Waals surface area contributed by atoms with Gasteiger partial charge in [-0.3, -0.25) is 0 Å². The molecule has 128 valence electrons. The molecule has 0 unspecified atom stereocenters. The van der Waals surface area contributed by atoms with E-state index in [1.807, 2.05) is 12.2 Å². The van der Waals surface area contributed by atoms with Gasteiger partial charge in [0.15, 0.2) is 0 Å². The first kappa shape index (κ1) is 21.4. The standard InChI is InChI=1S/C22H34O/c1-19(2)11-7-13-21(5)15-9-17-23-18-10-16-22(6)14-8-12-20(3)4/h9-12,15-16H,5-8,13-14,17-18H2,1-4H3/b15-9+,16-10+. The second-order valence-corrected chi connectivity index (χ2v) is 6.30. The van der Waals surface area contributed by atoms with E-state index in [1.54, 1.807) is 0 Å². The van der Waals surface area contributed by atoms with E-state index in [0.29, 0.717) is 13.2 Å². The van der Waals surface area contributed by atoms with Crippen molar-refractivity contribution in [3.8, 4) is 0 Å². The average Bonchev–Trinajstić information content (AvgIpc) is 2.45. The van der Waals surface area contributed by atoms with Gasteiger partial charge in [-0.1, -0.05) is 71.9 Å². The van der Waals surface area contributed by atoms with Gasteiger partial charge in [0.05, 0.1) is 13.2 Å². The molecule has 0 fully saturated rings. The zero-order chi connectivity index (χ0) is 17.5. The fourth-order valence-electron chi connectivity index (χ4n) is 1.89. The lowest BCUT2D eigenvalue weighted by Gasteiger charge is -1.99. The van der Waals surface area contributed by atoms with Crippen LogP contribution in [0, 0.1) is 0 Å². The van der Waals surface area contributed by atoms with Crippen molar-refractivity contribution in [3.05, 3.63) is 71.9 Å². The maximum absolute atomic E-state index is 5.54. The van der Waals surface area contributed by atoms with Gasteiger partial charge in [0, 0.05) is 0 Å². The van der Waals surface area contributed by atoms with E-state index in [-0.39, 0.29) is 0 Å². The van der Waals surface area contributed by atoms with E-state index < -0.39 is 0 Å². The number of allylic oxidation sites excluding steroid dienone is 8. The van der Waals surface area contributed by atoms with E-state index in [1.165, 1.54) is 11.1 Å². The minimum atomic E-state index is 0.621. The molecule has 0 rings (SSSR count). The van der Waals surface area contributed by atoms with Gasteiger partial charge < -0.3 is 4.74 Å². The van der Waals surface area contributed by atoms with Gasteiger partial charge in [0.1, 0.15) is 0 Å². The number of rotatable bonds is 12. The fourth-order valence-corrected chi connectivity index (χ4v) is 1.89. The highest BCUT2D eigenvalue weighted by molar-refractivity contribution is 5.16. The normalized spacial score (nSPS) is 11.0. The molecule has 0 spiro atoms. The molecule has 1 nitrogen and oxygen atoms in total.